The second-order valence-corrected chi connectivity index (χ2v) is 7.86. The predicted octanol–water partition coefficient (Wildman–Crippen LogP) is 3.72. The molecule has 1 atom stereocenters. The van der Waals surface area contributed by atoms with Gasteiger partial charge in [0.25, 0.3) is 0 Å². The number of aromatic nitrogens is 2. The van der Waals surface area contributed by atoms with E-state index in [1.807, 2.05) is 44.2 Å². The number of carbonyl (C=O) groups excluding carboxylic acids is 1. The van der Waals surface area contributed by atoms with Crippen molar-refractivity contribution in [2.75, 3.05) is 12.4 Å². The van der Waals surface area contributed by atoms with E-state index in [-0.39, 0.29) is 10.9 Å². The van der Waals surface area contributed by atoms with E-state index in [0.717, 1.165) is 23.0 Å². The van der Waals surface area contributed by atoms with Gasteiger partial charge in [-0.2, -0.15) is 0 Å². The Morgan fingerprint density at radius 3 is 2.72 bits per heavy atom. The van der Waals surface area contributed by atoms with Crippen LogP contribution in [-0.4, -0.2) is 23.5 Å². The molecule has 152 valence electrons. The summed E-state index contributed by atoms with van der Waals surface area (Å²) in [5.41, 5.74) is 1.53. The van der Waals surface area contributed by atoms with Gasteiger partial charge in [-0.25, -0.2) is 4.79 Å². The number of nitrogens with zero attached hydrogens (tertiary/aromatic N) is 1. The maximum absolute atomic E-state index is 12.9. The zero-order chi connectivity index (χ0) is 21.0. The quantitative estimate of drug-likeness (QED) is 0.437. The number of benzene rings is 2. The topological polar surface area (TPSA) is 88.2 Å². The highest BCUT2D eigenvalue weighted by Gasteiger charge is 2.30. The molecule has 1 aromatic heterocycles. The van der Waals surface area contributed by atoms with Crippen LogP contribution in [0.25, 0.3) is 5.69 Å². The monoisotopic (exact) mass is 434 g/mol. The number of H-pyrrole nitrogens is 1. The van der Waals surface area contributed by atoms with Gasteiger partial charge in [-0.05, 0) is 46.7 Å². The molecule has 1 unspecified atom stereocenters. The summed E-state index contributed by atoms with van der Waals surface area (Å²) in [4.78, 5) is 25.1. The molecular formula is C20H21ClN3O4S+. The highest BCUT2D eigenvalue weighted by atomic mass is 35.5. The van der Waals surface area contributed by atoms with Gasteiger partial charge in [0.05, 0.1) is 18.0 Å². The minimum Gasteiger partial charge on any atom is -0.495 e. The van der Waals surface area contributed by atoms with E-state index in [4.69, 9.17) is 20.9 Å². The molecule has 1 heterocycles. The predicted molar refractivity (Wildman–Crippen MR) is 112 cm³/mol. The van der Waals surface area contributed by atoms with E-state index in [0.29, 0.717) is 22.9 Å². The molecule has 3 aromatic rings. The first-order chi connectivity index (χ1) is 13.9. The summed E-state index contributed by atoms with van der Waals surface area (Å²) in [5.74, 6) is 0.215. The van der Waals surface area contributed by atoms with Gasteiger partial charge in [0.2, 0.25) is 11.6 Å². The number of aromatic amines is 1. The van der Waals surface area contributed by atoms with E-state index < -0.39 is 10.9 Å². The molecule has 2 aromatic carbocycles. The smallest absolute Gasteiger partial charge is 0.442 e. The van der Waals surface area contributed by atoms with Crippen molar-refractivity contribution in [3.8, 4) is 11.4 Å². The average molecular weight is 435 g/mol. The van der Waals surface area contributed by atoms with Crippen LogP contribution in [0, 0.1) is 6.92 Å². The van der Waals surface area contributed by atoms with Crippen molar-refractivity contribution < 1.29 is 18.7 Å². The summed E-state index contributed by atoms with van der Waals surface area (Å²) in [7, 11) is 1.51. The molecule has 0 saturated heterocycles. The van der Waals surface area contributed by atoms with Crippen LogP contribution < -0.4 is 20.4 Å². The fraction of sp³-hybridized carbons (Fsp3) is 0.250. The lowest BCUT2D eigenvalue weighted by atomic mass is 10.2. The second kappa shape index (κ2) is 9.19. The van der Waals surface area contributed by atoms with E-state index in [2.05, 4.69) is 10.6 Å². The van der Waals surface area contributed by atoms with Crippen molar-refractivity contribution in [2.45, 2.75) is 30.5 Å². The zero-order valence-corrected chi connectivity index (χ0v) is 17.8. The number of ether oxygens (including phenoxy) is 1. The van der Waals surface area contributed by atoms with Crippen LogP contribution in [0.3, 0.4) is 0 Å². The number of nitrogens with one attached hydrogen (secondary N) is 2. The van der Waals surface area contributed by atoms with Crippen LogP contribution in [-0.2, 0) is 4.79 Å². The van der Waals surface area contributed by atoms with Gasteiger partial charge < -0.3 is 10.1 Å². The van der Waals surface area contributed by atoms with E-state index in [1.165, 1.54) is 11.8 Å². The second-order valence-electron chi connectivity index (χ2n) is 6.26. The lowest BCUT2D eigenvalue weighted by Crippen LogP contribution is -2.37. The molecule has 0 spiro atoms. The number of anilines is 1. The summed E-state index contributed by atoms with van der Waals surface area (Å²) < 4.78 is 11.8. The van der Waals surface area contributed by atoms with Crippen molar-refractivity contribution in [3.63, 3.8) is 0 Å². The molecular weight excluding hydrogens is 414 g/mol. The third-order valence-corrected chi connectivity index (χ3v) is 6.09. The van der Waals surface area contributed by atoms with Gasteiger partial charge >= 0.3 is 10.7 Å². The Balaban J connectivity index is 1.85. The maximum Gasteiger partial charge on any atom is 0.442 e. The number of methoxy groups -OCH3 is 1. The lowest BCUT2D eigenvalue weighted by Gasteiger charge is -2.15. The van der Waals surface area contributed by atoms with E-state index >= 15 is 0 Å². The van der Waals surface area contributed by atoms with Crippen molar-refractivity contribution in [1.29, 1.82) is 0 Å². The molecule has 7 nitrogen and oxygen atoms in total. The highest BCUT2D eigenvalue weighted by molar-refractivity contribution is 8.00. The van der Waals surface area contributed by atoms with E-state index in [1.54, 1.807) is 12.1 Å². The number of hydrogen-bond donors (Lipinski definition) is 2. The first-order valence-corrected chi connectivity index (χ1v) is 10.2. The van der Waals surface area contributed by atoms with Crippen LogP contribution in [0.4, 0.5) is 5.69 Å². The molecule has 3 rings (SSSR count). The third-order valence-electron chi connectivity index (χ3n) is 4.28. The van der Waals surface area contributed by atoms with Crippen LogP contribution in [0.2, 0.25) is 5.02 Å². The number of hydrogen-bond acceptors (Lipinski definition) is 5. The Labute approximate surface area is 177 Å². The molecule has 0 bridgehead atoms. The fourth-order valence-electron chi connectivity index (χ4n) is 2.71. The number of thioether (sulfide) groups is 1. The van der Waals surface area contributed by atoms with Crippen LogP contribution in [0.15, 0.2) is 56.8 Å². The van der Waals surface area contributed by atoms with E-state index in [9.17, 15) is 9.59 Å². The normalized spacial score (nSPS) is 11.9. The van der Waals surface area contributed by atoms with Crippen LogP contribution in [0.1, 0.15) is 18.9 Å². The highest BCUT2D eigenvalue weighted by Crippen LogP contribution is 2.32. The van der Waals surface area contributed by atoms with Crippen LogP contribution >= 0.6 is 23.4 Å². The van der Waals surface area contributed by atoms with Crippen LogP contribution in [0.5, 0.6) is 5.75 Å². The van der Waals surface area contributed by atoms with Crippen molar-refractivity contribution in [2.24, 2.45) is 0 Å². The molecule has 0 aliphatic rings. The van der Waals surface area contributed by atoms with Gasteiger partial charge in [0.15, 0.2) is 0 Å². The number of rotatable bonds is 7. The molecule has 0 radical (unpaired) electrons. The Bertz CT molecular complexity index is 1070. The minimum absolute atomic E-state index is 0.252. The molecule has 0 aliphatic carbocycles. The number of halogens is 1. The first-order valence-electron chi connectivity index (χ1n) is 8.95. The summed E-state index contributed by atoms with van der Waals surface area (Å²) >= 11 is 7.27. The average Bonchev–Trinajstić information content (AvgIpc) is 3.09. The van der Waals surface area contributed by atoms with Gasteiger partial charge in [-0.1, -0.05) is 36.7 Å². The van der Waals surface area contributed by atoms with Crippen molar-refractivity contribution in [3.05, 3.63) is 63.5 Å². The number of aryl methyl sites for hydroxylation is 1. The molecule has 0 fully saturated rings. The van der Waals surface area contributed by atoms with Crippen molar-refractivity contribution >= 4 is 35.0 Å². The van der Waals surface area contributed by atoms with Gasteiger partial charge in [0, 0.05) is 23.2 Å². The summed E-state index contributed by atoms with van der Waals surface area (Å²) in [6.45, 7) is 3.72. The molecule has 29 heavy (non-hydrogen) atoms. The Morgan fingerprint density at radius 1 is 1.34 bits per heavy atom. The summed E-state index contributed by atoms with van der Waals surface area (Å²) in [6.07, 6.45) is 0.505. The number of carbonyl (C=O) groups is 1. The SMILES string of the molecule is CCC(Sc1c(=O)o[nH][n+]1-c1ccccc1)C(=O)Nc1cc(C)c(Cl)cc1OC. The van der Waals surface area contributed by atoms with Gasteiger partial charge in [0.1, 0.15) is 5.75 Å². The zero-order valence-electron chi connectivity index (χ0n) is 16.2. The lowest BCUT2D eigenvalue weighted by molar-refractivity contribution is -0.704. The van der Waals surface area contributed by atoms with Crippen molar-refractivity contribution in [1.82, 2.24) is 5.27 Å². The standard InChI is InChI=1S/C20H20ClN3O4S/c1-4-17(18(25)22-15-10-12(2)14(21)11-16(15)27-3)29-19-20(26)28-23-24(19)13-8-6-5-7-9-13/h5-11,17H,4H2,1-3H3,(H-,22,23,25,26)/p+1. The molecule has 0 aliphatic heterocycles. The summed E-state index contributed by atoms with van der Waals surface area (Å²) in [5, 5.41) is 5.78. The van der Waals surface area contributed by atoms with Gasteiger partial charge in [-0.3, -0.25) is 9.32 Å². The Kier molecular flexibility index (Phi) is 6.66. The molecule has 2 N–H and O–H groups in total. The fourth-order valence-corrected chi connectivity index (χ4v) is 3.85. The first kappa shape index (κ1) is 21.0. The van der Waals surface area contributed by atoms with Gasteiger partial charge in [-0.15, -0.1) is 0 Å². The number of para-hydroxylation sites is 1. The third kappa shape index (κ3) is 4.65. The molecule has 0 saturated carbocycles. The molecule has 1 amide bonds. The maximum atomic E-state index is 12.9. The Hall–Kier alpha value is -2.71. The summed E-state index contributed by atoms with van der Waals surface area (Å²) in [6, 6.07) is 12.6. The number of amides is 1. The minimum atomic E-state index is -0.537. The Morgan fingerprint density at radius 2 is 2.07 bits per heavy atom. The molecule has 9 heteroatoms. The largest absolute Gasteiger partial charge is 0.495 e.